The van der Waals surface area contributed by atoms with Gasteiger partial charge in [0.1, 0.15) is 0 Å². The van der Waals surface area contributed by atoms with Crippen LogP contribution in [0.5, 0.6) is 0 Å². The van der Waals surface area contributed by atoms with Crippen molar-refractivity contribution in [3.05, 3.63) is 65.2 Å². The second-order valence-corrected chi connectivity index (χ2v) is 6.68. The molecule has 112 valence electrons. The lowest BCUT2D eigenvalue weighted by atomic mass is 10.1. The van der Waals surface area contributed by atoms with Crippen molar-refractivity contribution in [1.29, 1.82) is 0 Å². The Morgan fingerprint density at radius 2 is 1.67 bits per heavy atom. The molecule has 0 heterocycles. The zero-order chi connectivity index (χ0) is 15.3. The minimum atomic E-state index is -3.51. The van der Waals surface area contributed by atoms with E-state index in [0.717, 1.165) is 16.7 Å². The SMILES string of the molecule is CNCc1ccc(C)c(S(=O)(=O)NCc2ccccc2)c1. The molecule has 0 unspecified atom stereocenters. The highest BCUT2D eigenvalue weighted by atomic mass is 32.2. The normalized spacial score (nSPS) is 11.5. The van der Waals surface area contributed by atoms with Crippen LogP contribution in [-0.2, 0) is 23.1 Å². The first-order chi connectivity index (χ1) is 10.0. The third-order valence-corrected chi connectivity index (χ3v) is 4.78. The molecule has 0 aliphatic heterocycles. The van der Waals surface area contributed by atoms with Crippen LogP contribution in [-0.4, -0.2) is 15.5 Å². The van der Waals surface area contributed by atoms with E-state index in [4.69, 9.17) is 0 Å². The van der Waals surface area contributed by atoms with Crippen molar-refractivity contribution < 1.29 is 8.42 Å². The number of rotatable bonds is 6. The van der Waals surface area contributed by atoms with Gasteiger partial charge < -0.3 is 5.32 Å². The average molecular weight is 304 g/mol. The van der Waals surface area contributed by atoms with Crippen LogP contribution < -0.4 is 10.0 Å². The summed E-state index contributed by atoms with van der Waals surface area (Å²) in [4.78, 5) is 0.339. The molecule has 0 saturated carbocycles. The minimum absolute atomic E-state index is 0.291. The first kappa shape index (κ1) is 15.7. The van der Waals surface area contributed by atoms with Gasteiger partial charge >= 0.3 is 0 Å². The lowest BCUT2D eigenvalue weighted by Gasteiger charge is -2.11. The summed E-state index contributed by atoms with van der Waals surface area (Å²) in [6.45, 7) is 2.74. The summed E-state index contributed by atoms with van der Waals surface area (Å²) >= 11 is 0. The predicted molar refractivity (Wildman–Crippen MR) is 84.4 cm³/mol. The van der Waals surface area contributed by atoms with Crippen molar-refractivity contribution >= 4 is 10.0 Å². The Labute approximate surface area is 126 Å². The van der Waals surface area contributed by atoms with Gasteiger partial charge in [-0.2, -0.15) is 0 Å². The Morgan fingerprint density at radius 3 is 2.33 bits per heavy atom. The average Bonchev–Trinajstić information content (AvgIpc) is 2.48. The molecule has 0 bridgehead atoms. The molecule has 0 radical (unpaired) electrons. The van der Waals surface area contributed by atoms with Gasteiger partial charge in [-0.15, -0.1) is 0 Å². The summed E-state index contributed by atoms with van der Waals surface area (Å²) in [6, 6.07) is 15.0. The van der Waals surface area contributed by atoms with Crippen LogP contribution in [0.4, 0.5) is 0 Å². The van der Waals surface area contributed by atoms with Crippen LogP contribution in [0.3, 0.4) is 0 Å². The van der Waals surface area contributed by atoms with Gasteiger partial charge in [-0.25, -0.2) is 13.1 Å². The molecular weight excluding hydrogens is 284 g/mol. The van der Waals surface area contributed by atoms with Gasteiger partial charge in [-0.1, -0.05) is 42.5 Å². The van der Waals surface area contributed by atoms with Crippen molar-refractivity contribution in [2.24, 2.45) is 0 Å². The van der Waals surface area contributed by atoms with E-state index in [9.17, 15) is 8.42 Å². The Balaban J connectivity index is 2.21. The number of sulfonamides is 1. The van der Waals surface area contributed by atoms with Crippen LogP contribution in [0, 0.1) is 6.92 Å². The van der Waals surface area contributed by atoms with Gasteiger partial charge in [0.05, 0.1) is 4.90 Å². The maximum Gasteiger partial charge on any atom is 0.241 e. The molecule has 0 saturated heterocycles. The molecule has 0 amide bonds. The zero-order valence-corrected chi connectivity index (χ0v) is 13.1. The van der Waals surface area contributed by atoms with Crippen LogP contribution in [0.1, 0.15) is 16.7 Å². The molecule has 5 heteroatoms. The van der Waals surface area contributed by atoms with Gasteiger partial charge in [0.15, 0.2) is 0 Å². The van der Waals surface area contributed by atoms with E-state index in [2.05, 4.69) is 10.0 Å². The molecule has 2 N–H and O–H groups in total. The van der Waals surface area contributed by atoms with E-state index >= 15 is 0 Å². The van der Waals surface area contributed by atoms with Gasteiger partial charge in [0, 0.05) is 13.1 Å². The summed E-state index contributed by atoms with van der Waals surface area (Å²) in [6.07, 6.45) is 0. The minimum Gasteiger partial charge on any atom is -0.316 e. The lowest BCUT2D eigenvalue weighted by molar-refractivity contribution is 0.580. The number of aryl methyl sites for hydroxylation is 1. The smallest absolute Gasteiger partial charge is 0.241 e. The highest BCUT2D eigenvalue weighted by molar-refractivity contribution is 7.89. The molecule has 0 aromatic heterocycles. The third-order valence-electron chi connectivity index (χ3n) is 3.23. The number of hydrogen-bond acceptors (Lipinski definition) is 3. The Kier molecular flexibility index (Phi) is 5.12. The maximum atomic E-state index is 12.5. The van der Waals surface area contributed by atoms with Crippen LogP contribution in [0.2, 0.25) is 0 Å². The van der Waals surface area contributed by atoms with Crippen LogP contribution >= 0.6 is 0 Å². The third kappa shape index (κ3) is 4.14. The number of benzene rings is 2. The molecule has 2 rings (SSSR count). The van der Waals surface area contributed by atoms with E-state index in [-0.39, 0.29) is 0 Å². The van der Waals surface area contributed by atoms with Crippen LogP contribution in [0.15, 0.2) is 53.4 Å². The molecule has 0 aliphatic rings. The van der Waals surface area contributed by atoms with Crippen molar-refractivity contribution in [3.63, 3.8) is 0 Å². The Hall–Kier alpha value is -1.69. The van der Waals surface area contributed by atoms with Crippen molar-refractivity contribution in [3.8, 4) is 0 Å². The fourth-order valence-electron chi connectivity index (χ4n) is 2.10. The molecule has 21 heavy (non-hydrogen) atoms. The maximum absolute atomic E-state index is 12.5. The fourth-order valence-corrected chi connectivity index (χ4v) is 3.41. The Morgan fingerprint density at radius 1 is 0.952 bits per heavy atom. The van der Waals surface area contributed by atoms with E-state index in [1.54, 1.807) is 13.0 Å². The molecule has 0 atom stereocenters. The molecule has 0 aliphatic carbocycles. The van der Waals surface area contributed by atoms with Crippen molar-refractivity contribution in [1.82, 2.24) is 10.0 Å². The molecule has 4 nitrogen and oxygen atoms in total. The van der Waals surface area contributed by atoms with Gasteiger partial charge in [-0.05, 0) is 36.7 Å². The van der Waals surface area contributed by atoms with Crippen molar-refractivity contribution in [2.45, 2.75) is 24.9 Å². The summed E-state index contributed by atoms with van der Waals surface area (Å²) in [5, 5.41) is 3.02. The summed E-state index contributed by atoms with van der Waals surface area (Å²) in [5.41, 5.74) is 2.63. The van der Waals surface area contributed by atoms with E-state index < -0.39 is 10.0 Å². The monoisotopic (exact) mass is 304 g/mol. The second-order valence-electron chi connectivity index (χ2n) is 4.94. The largest absolute Gasteiger partial charge is 0.316 e. The number of nitrogens with one attached hydrogen (secondary N) is 2. The first-order valence-electron chi connectivity index (χ1n) is 6.80. The van der Waals surface area contributed by atoms with Gasteiger partial charge in [0.2, 0.25) is 10.0 Å². The quantitative estimate of drug-likeness (QED) is 0.860. The van der Waals surface area contributed by atoms with Crippen LogP contribution in [0.25, 0.3) is 0 Å². The molecule has 0 spiro atoms. The fraction of sp³-hybridized carbons (Fsp3) is 0.250. The summed E-state index contributed by atoms with van der Waals surface area (Å²) in [7, 11) is -1.67. The van der Waals surface area contributed by atoms with E-state index in [1.165, 1.54) is 0 Å². The van der Waals surface area contributed by atoms with E-state index in [0.29, 0.717) is 18.0 Å². The lowest BCUT2D eigenvalue weighted by Crippen LogP contribution is -2.24. The molecule has 2 aromatic rings. The Bertz CT molecular complexity index is 697. The standard InChI is InChI=1S/C16H20N2O2S/c1-13-8-9-15(11-17-2)10-16(13)21(19,20)18-12-14-6-4-3-5-7-14/h3-10,17-18H,11-12H2,1-2H3. The zero-order valence-electron chi connectivity index (χ0n) is 12.3. The topological polar surface area (TPSA) is 58.2 Å². The molecule has 2 aromatic carbocycles. The van der Waals surface area contributed by atoms with E-state index in [1.807, 2.05) is 49.5 Å². The van der Waals surface area contributed by atoms with Crippen molar-refractivity contribution in [2.75, 3.05) is 7.05 Å². The first-order valence-corrected chi connectivity index (χ1v) is 8.29. The van der Waals surface area contributed by atoms with Gasteiger partial charge in [0.25, 0.3) is 0 Å². The predicted octanol–water partition coefficient (Wildman–Crippen LogP) is 2.19. The number of hydrogen-bond donors (Lipinski definition) is 2. The molecule has 0 fully saturated rings. The highest BCUT2D eigenvalue weighted by Crippen LogP contribution is 2.17. The summed E-state index contributed by atoms with van der Waals surface area (Å²) < 4.78 is 27.6. The highest BCUT2D eigenvalue weighted by Gasteiger charge is 2.16. The second kappa shape index (κ2) is 6.85. The summed E-state index contributed by atoms with van der Waals surface area (Å²) in [5.74, 6) is 0. The molecular formula is C16H20N2O2S. The van der Waals surface area contributed by atoms with Gasteiger partial charge in [-0.3, -0.25) is 0 Å².